The maximum absolute atomic E-state index is 15.5. The van der Waals surface area contributed by atoms with Crippen LogP contribution < -0.4 is 40.3 Å². The van der Waals surface area contributed by atoms with Gasteiger partial charge in [0.1, 0.15) is 36.1 Å². The molecule has 0 saturated heterocycles. The summed E-state index contributed by atoms with van der Waals surface area (Å²) in [5.74, 6) is -0.722. The highest BCUT2D eigenvalue weighted by Crippen LogP contribution is 2.48. The quantitative estimate of drug-likeness (QED) is 0.176. The Morgan fingerprint density at radius 1 is 0.957 bits per heavy atom. The molecule has 0 atom stereocenters. The SMILES string of the molecule is CCOc1ccn(-c2ccc(F)cc2)c(=O)c1C(=O)Nc1ccc(Oc2ccnc3cc(OCCCN)c4c(c23)OCCO4)c(F)c1. The van der Waals surface area contributed by atoms with Crippen molar-refractivity contribution in [1.82, 2.24) is 9.55 Å². The van der Waals surface area contributed by atoms with Gasteiger partial charge < -0.3 is 34.7 Å². The van der Waals surface area contributed by atoms with Gasteiger partial charge >= 0.3 is 0 Å². The Labute approximate surface area is 267 Å². The normalized spacial score (nSPS) is 12.1. The molecule has 0 fully saturated rings. The number of aromatic nitrogens is 2. The maximum atomic E-state index is 15.5. The first-order valence-electron chi connectivity index (χ1n) is 14.8. The van der Waals surface area contributed by atoms with Crippen molar-refractivity contribution in [2.45, 2.75) is 13.3 Å². The van der Waals surface area contributed by atoms with Gasteiger partial charge in [0.05, 0.1) is 24.1 Å². The Bertz CT molecular complexity index is 2000. The summed E-state index contributed by atoms with van der Waals surface area (Å²) in [6.45, 7) is 3.34. The van der Waals surface area contributed by atoms with E-state index >= 15 is 4.39 Å². The Kier molecular flexibility index (Phi) is 9.16. The molecule has 6 rings (SSSR count). The molecule has 0 saturated carbocycles. The number of nitrogens with two attached hydrogens (primary N) is 1. The van der Waals surface area contributed by atoms with E-state index in [1.807, 2.05) is 0 Å². The second-order valence-electron chi connectivity index (χ2n) is 10.3. The van der Waals surface area contributed by atoms with E-state index in [2.05, 4.69) is 10.3 Å². The summed E-state index contributed by atoms with van der Waals surface area (Å²) in [7, 11) is 0. The molecular formula is C34H30F2N4O7. The van der Waals surface area contributed by atoms with Crippen LogP contribution in [0.3, 0.4) is 0 Å². The van der Waals surface area contributed by atoms with Crippen molar-refractivity contribution >= 4 is 22.5 Å². The predicted molar refractivity (Wildman–Crippen MR) is 169 cm³/mol. The number of rotatable bonds is 11. The first-order valence-corrected chi connectivity index (χ1v) is 14.8. The number of nitrogens with one attached hydrogen (secondary N) is 1. The van der Waals surface area contributed by atoms with Crippen molar-refractivity contribution in [2.24, 2.45) is 5.73 Å². The van der Waals surface area contributed by atoms with E-state index in [0.717, 1.165) is 6.07 Å². The molecule has 242 valence electrons. The van der Waals surface area contributed by atoms with Gasteiger partial charge in [-0.3, -0.25) is 19.1 Å². The Morgan fingerprint density at radius 2 is 1.74 bits per heavy atom. The summed E-state index contributed by atoms with van der Waals surface area (Å²) in [5, 5.41) is 3.03. The van der Waals surface area contributed by atoms with E-state index < -0.39 is 23.1 Å². The summed E-state index contributed by atoms with van der Waals surface area (Å²) in [6, 6.07) is 13.8. The van der Waals surface area contributed by atoms with E-state index in [9.17, 15) is 14.0 Å². The van der Waals surface area contributed by atoms with Gasteiger partial charge in [-0.15, -0.1) is 0 Å². The van der Waals surface area contributed by atoms with Crippen LogP contribution in [0.15, 0.2) is 77.9 Å². The summed E-state index contributed by atoms with van der Waals surface area (Å²) in [4.78, 5) is 31.2. The zero-order valence-electron chi connectivity index (χ0n) is 25.3. The third-order valence-electron chi connectivity index (χ3n) is 7.14. The minimum absolute atomic E-state index is 0.0424. The number of pyridine rings is 2. The van der Waals surface area contributed by atoms with Crippen molar-refractivity contribution in [2.75, 3.05) is 38.3 Å². The molecule has 3 heterocycles. The van der Waals surface area contributed by atoms with E-state index in [4.69, 9.17) is 29.4 Å². The fourth-order valence-electron chi connectivity index (χ4n) is 5.01. The molecule has 1 aliphatic rings. The first kappa shape index (κ1) is 31.3. The van der Waals surface area contributed by atoms with Crippen molar-refractivity contribution < 1.29 is 37.3 Å². The van der Waals surface area contributed by atoms with Crippen LogP contribution >= 0.6 is 0 Å². The number of hydrogen-bond acceptors (Lipinski definition) is 9. The zero-order chi connectivity index (χ0) is 32.9. The van der Waals surface area contributed by atoms with Crippen LogP contribution in [-0.4, -0.2) is 48.4 Å². The van der Waals surface area contributed by atoms with Crippen molar-refractivity contribution in [3.63, 3.8) is 0 Å². The molecule has 13 heteroatoms. The molecule has 1 aliphatic heterocycles. The minimum atomic E-state index is -0.823. The lowest BCUT2D eigenvalue weighted by molar-refractivity contribution is 0.102. The number of halogens is 2. The van der Waals surface area contributed by atoms with Crippen LogP contribution in [0.25, 0.3) is 16.6 Å². The Morgan fingerprint density at radius 3 is 2.49 bits per heavy atom. The van der Waals surface area contributed by atoms with Crippen molar-refractivity contribution in [3.05, 3.63) is 101 Å². The smallest absolute Gasteiger partial charge is 0.271 e. The summed E-state index contributed by atoms with van der Waals surface area (Å²) in [6.07, 6.45) is 3.58. The highest BCUT2D eigenvalue weighted by Gasteiger charge is 2.25. The molecule has 5 aromatic rings. The molecule has 1 amide bonds. The molecule has 0 bridgehead atoms. The highest BCUT2D eigenvalue weighted by molar-refractivity contribution is 6.06. The number of ether oxygens (including phenoxy) is 5. The van der Waals surface area contributed by atoms with Crippen LogP contribution in [-0.2, 0) is 0 Å². The molecular weight excluding hydrogens is 614 g/mol. The molecule has 0 radical (unpaired) electrons. The fraction of sp³-hybridized carbons (Fsp3) is 0.206. The molecule has 0 spiro atoms. The second kappa shape index (κ2) is 13.7. The average Bonchev–Trinajstić information content (AvgIpc) is 3.07. The molecule has 47 heavy (non-hydrogen) atoms. The Hall–Kier alpha value is -5.69. The monoisotopic (exact) mass is 644 g/mol. The number of fused-ring (bicyclic) bond motifs is 3. The van der Waals surface area contributed by atoms with Gasteiger partial charge in [-0.2, -0.15) is 0 Å². The number of amides is 1. The number of nitrogens with zero attached hydrogens (tertiary/aromatic N) is 2. The van der Waals surface area contributed by atoms with Gasteiger partial charge in [0.25, 0.3) is 11.5 Å². The van der Waals surface area contributed by atoms with Crippen LogP contribution in [0.2, 0.25) is 0 Å². The van der Waals surface area contributed by atoms with Gasteiger partial charge in [0, 0.05) is 35.9 Å². The summed E-state index contributed by atoms with van der Waals surface area (Å²) >= 11 is 0. The lowest BCUT2D eigenvalue weighted by Crippen LogP contribution is -2.29. The molecule has 0 unspecified atom stereocenters. The minimum Gasteiger partial charge on any atom is -0.493 e. The zero-order valence-corrected chi connectivity index (χ0v) is 25.3. The van der Waals surface area contributed by atoms with Crippen LogP contribution in [0.1, 0.15) is 23.7 Å². The number of anilines is 1. The largest absolute Gasteiger partial charge is 0.493 e. The van der Waals surface area contributed by atoms with Gasteiger partial charge in [-0.1, -0.05) is 0 Å². The lowest BCUT2D eigenvalue weighted by atomic mass is 10.1. The van der Waals surface area contributed by atoms with Gasteiger partial charge in [0.2, 0.25) is 5.75 Å². The number of hydrogen-bond donors (Lipinski definition) is 2. The van der Waals surface area contributed by atoms with Gasteiger partial charge in [-0.05, 0) is 68.4 Å². The second-order valence-corrected chi connectivity index (χ2v) is 10.3. The standard InChI is InChI=1S/C34H30F2N4O7/c1-2-43-26-11-14-40(22-7-4-20(35)5-8-22)34(42)30(26)33(41)39-21-6-9-25(23(36)18-21)47-27-10-13-38-24-19-28(44-15-3-12-37)31-32(29(24)27)46-17-16-45-31/h4-11,13-14,18-19H,2-3,12,15-17,37H2,1H3,(H,39,41). The summed E-state index contributed by atoms with van der Waals surface area (Å²) in [5.41, 5.74) is 5.48. The van der Waals surface area contributed by atoms with E-state index in [-0.39, 0.29) is 41.7 Å². The third-order valence-corrected chi connectivity index (χ3v) is 7.14. The fourth-order valence-corrected chi connectivity index (χ4v) is 5.01. The average molecular weight is 645 g/mol. The molecule has 0 aliphatic carbocycles. The predicted octanol–water partition coefficient (Wildman–Crippen LogP) is 5.61. The molecule has 2 aromatic heterocycles. The van der Waals surface area contributed by atoms with E-state index in [1.165, 1.54) is 59.4 Å². The van der Waals surface area contributed by atoms with Crippen LogP contribution in [0, 0.1) is 11.6 Å². The van der Waals surface area contributed by atoms with E-state index in [1.54, 1.807) is 19.1 Å². The summed E-state index contributed by atoms with van der Waals surface area (Å²) < 4.78 is 59.3. The number of carbonyl (C=O) groups is 1. The van der Waals surface area contributed by atoms with E-state index in [0.29, 0.717) is 60.0 Å². The van der Waals surface area contributed by atoms with Crippen molar-refractivity contribution in [3.8, 4) is 40.2 Å². The molecule has 3 aromatic carbocycles. The van der Waals surface area contributed by atoms with Gasteiger partial charge in [0.15, 0.2) is 23.1 Å². The molecule has 3 N–H and O–H groups in total. The molecule has 11 nitrogen and oxygen atoms in total. The first-order chi connectivity index (χ1) is 22.9. The topological polar surface area (TPSA) is 136 Å². The lowest BCUT2D eigenvalue weighted by Gasteiger charge is -2.23. The van der Waals surface area contributed by atoms with Crippen LogP contribution in [0.4, 0.5) is 14.5 Å². The maximum Gasteiger partial charge on any atom is 0.271 e. The Balaban J connectivity index is 1.28. The highest BCUT2D eigenvalue weighted by atomic mass is 19.1. The van der Waals surface area contributed by atoms with Crippen LogP contribution in [0.5, 0.6) is 34.5 Å². The van der Waals surface area contributed by atoms with Gasteiger partial charge in [-0.25, -0.2) is 8.78 Å². The number of carbonyl (C=O) groups excluding carboxylic acids is 1. The third kappa shape index (κ3) is 6.51. The van der Waals surface area contributed by atoms with Crippen molar-refractivity contribution in [1.29, 1.82) is 0 Å². The number of benzene rings is 3.